The normalized spacial score (nSPS) is 17.6. The summed E-state index contributed by atoms with van der Waals surface area (Å²) in [4.78, 5) is 18.3. The molecule has 5 heteroatoms. The molecule has 1 aromatic carbocycles. The molecule has 0 bridgehead atoms. The molecule has 1 aliphatic rings. The predicted molar refractivity (Wildman–Crippen MR) is 88.6 cm³/mol. The number of benzene rings is 1. The number of hydrogen-bond donors (Lipinski definition) is 2. The molecule has 1 unspecified atom stereocenters. The van der Waals surface area contributed by atoms with Crippen molar-refractivity contribution in [2.45, 2.75) is 19.1 Å². The fourth-order valence-corrected chi connectivity index (χ4v) is 2.92. The molecule has 23 heavy (non-hydrogen) atoms. The minimum Gasteiger partial charge on any atom is -0.374 e. The van der Waals surface area contributed by atoms with Crippen molar-refractivity contribution in [3.63, 3.8) is 0 Å². The average Bonchev–Trinajstić information content (AvgIpc) is 2.63. The maximum atomic E-state index is 12.3. The number of nitrogens with one attached hydrogen (secondary N) is 1. The standard InChI is InChI=1S/C18H21N3O2/c22-17(20-16-6-10-19-11-7-16)14-8-12-21(13-9-14)18(23)15-4-2-1-3-5-15/h1-7,10-11,14,18,23H,8-9,12-13H2,(H,19,20,22). The van der Waals surface area contributed by atoms with E-state index >= 15 is 0 Å². The Labute approximate surface area is 136 Å². The van der Waals surface area contributed by atoms with Gasteiger partial charge in [-0.25, -0.2) is 0 Å². The molecule has 2 aromatic rings. The van der Waals surface area contributed by atoms with Crippen molar-refractivity contribution in [1.29, 1.82) is 0 Å². The number of pyridine rings is 1. The summed E-state index contributed by atoms with van der Waals surface area (Å²) < 4.78 is 0. The van der Waals surface area contributed by atoms with E-state index in [0.29, 0.717) is 13.1 Å². The van der Waals surface area contributed by atoms with E-state index in [4.69, 9.17) is 0 Å². The second-order valence-corrected chi connectivity index (χ2v) is 5.82. The number of rotatable bonds is 4. The van der Waals surface area contributed by atoms with Crippen molar-refractivity contribution < 1.29 is 9.90 Å². The number of hydrogen-bond acceptors (Lipinski definition) is 4. The summed E-state index contributed by atoms with van der Waals surface area (Å²) in [5, 5.41) is 13.4. The molecule has 0 spiro atoms. The van der Waals surface area contributed by atoms with E-state index < -0.39 is 6.23 Å². The summed E-state index contributed by atoms with van der Waals surface area (Å²) in [6.45, 7) is 1.43. The van der Waals surface area contributed by atoms with E-state index in [1.54, 1.807) is 24.5 Å². The lowest BCUT2D eigenvalue weighted by molar-refractivity contribution is -0.122. The Hall–Kier alpha value is -2.24. The third-order valence-electron chi connectivity index (χ3n) is 4.29. The van der Waals surface area contributed by atoms with Crippen molar-refractivity contribution in [1.82, 2.24) is 9.88 Å². The van der Waals surface area contributed by atoms with Crippen LogP contribution in [0.3, 0.4) is 0 Å². The molecule has 0 radical (unpaired) electrons. The highest BCUT2D eigenvalue weighted by molar-refractivity contribution is 5.92. The molecule has 0 saturated carbocycles. The van der Waals surface area contributed by atoms with E-state index in [9.17, 15) is 9.90 Å². The van der Waals surface area contributed by atoms with Crippen molar-refractivity contribution in [2.75, 3.05) is 18.4 Å². The van der Waals surface area contributed by atoms with Crippen LogP contribution in [0.1, 0.15) is 24.6 Å². The number of piperidine rings is 1. The quantitative estimate of drug-likeness (QED) is 0.910. The van der Waals surface area contributed by atoms with Gasteiger partial charge in [0.1, 0.15) is 6.23 Å². The van der Waals surface area contributed by atoms with Gasteiger partial charge in [-0.3, -0.25) is 14.7 Å². The Morgan fingerprint density at radius 3 is 2.43 bits per heavy atom. The summed E-state index contributed by atoms with van der Waals surface area (Å²) in [5.74, 6) is 0.0347. The molecule has 2 N–H and O–H groups in total. The topological polar surface area (TPSA) is 65.5 Å². The largest absolute Gasteiger partial charge is 0.374 e. The van der Waals surface area contributed by atoms with Crippen molar-refractivity contribution in [2.24, 2.45) is 5.92 Å². The van der Waals surface area contributed by atoms with Crippen LogP contribution in [0.15, 0.2) is 54.9 Å². The second-order valence-electron chi connectivity index (χ2n) is 5.82. The third kappa shape index (κ3) is 3.94. The molecular weight excluding hydrogens is 290 g/mol. The van der Waals surface area contributed by atoms with Gasteiger partial charge in [-0.2, -0.15) is 0 Å². The van der Waals surface area contributed by atoms with Gasteiger partial charge >= 0.3 is 0 Å². The van der Waals surface area contributed by atoms with Gasteiger partial charge in [0.05, 0.1) is 0 Å². The molecule has 1 aliphatic heterocycles. The van der Waals surface area contributed by atoms with Gasteiger partial charge in [-0.15, -0.1) is 0 Å². The number of carbonyl (C=O) groups excluding carboxylic acids is 1. The van der Waals surface area contributed by atoms with Crippen LogP contribution in [-0.4, -0.2) is 34.0 Å². The molecule has 1 fully saturated rings. The van der Waals surface area contributed by atoms with Gasteiger partial charge in [0.2, 0.25) is 5.91 Å². The van der Waals surface area contributed by atoms with E-state index in [1.165, 1.54) is 0 Å². The van der Waals surface area contributed by atoms with Crippen LogP contribution in [0.5, 0.6) is 0 Å². The molecule has 1 atom stereocenters. The lowest BCUT2D eigenvalue weighted by Gasteiger charge is -2.34. The van der Waals surface area contributed by atoms with Crippen molar-refractivity contribution in [3.8, 4) is 0 Å². The number of amides is 1. The van der Waals surface area contributed by atoms with Crippen LogP contribution in [0.25, 0.3) is 0 Å². The summed E-state index contributed by atoms with van der Waals surface area (Å²) in [5.41, 5.74) is 1.67. The van der Waals surface area contributed by atoms with Crippen LogP contribution >= 0.6 is 0 Å². The van der Waals surface area contributed by atoms with Gasteiger partial charge in [-0.1, -0.05) is 30.3 Å². The van der Waals surface area contributed by atoms with Gasteiger partial charge < -0.3 is 10.4 Å². The Morgan fingerprint density at radius 2 is 1.78 bits per heavy atom. The molecule has 1 aromatic heterocycles. The van der Waals surface area contributed by atoms with Crippen LogP contribution in [0, 0.1) is 5.92 Å². The minimum atomic E-state index is -0.597. The van der Waals surface area contributed by atoms with Crippen molar-refractivity contribution >= 4 is 11.6 Å². The smallest absolute Gasteiger partial charge is 0.227 e. The zero-order chi connectivity index (χ0) is 16.1. The van der Waals surface area contributed by atoms with Crippen LogP contribution in [0.2, 0.25) is 0 Å². The van der Waals surface area contributed by atoms with Gasteiger partial charge in [0.25, 0.3) is 0 Å². The molecule has 1 amide bonds. The first-order valence-electron chi connectivity index (χ1n) is 7.92. The Balaban J connectivity index is 1.53. The average molecular weight is 311 g/mol. The molecule has 3 rings (SSSR count). The summed E-state index contributed by atoms with van der Waals surface area (Å²) in [7, 11) is 0. The Morgan fingerprint density at radius 1 is 1.13 bits per heavy atom. The number of carbonyl (C=O) groups is 1. The molecule has 5 nitrogen and oxygen atoms in total. The Bertz CT molecular complexity index is 625. The molecule has 120 valence electrons. The predicted octanol–water partition coefficient (Wildman–Crippen LogP) is 2.42. The van der Waals surface area contributed by atoms with Crippen LogP contribution < -0.4 is 5.32 Å². The SMILES string of the molecule is O=C(Nc1ccncc1)C1CCN(C(O)c2ccccc2)CC1. The first-order chi connectivity index (χ1) is 11.2. The van der Waals surface area contributed by atoms with Crippen LogP contribution in [-0.2, 0) is 4.79 Å². The van der Waals surface area contributed by atoms with Crippen molar-refractivity contribution in [3.05, 3.63) is 60.4 Å². The number of aliphatic hydroxyl groups excluding tert-OH is 1. The van der Waals surface area contributed by atoms with Gasteiger partial charge in [0, 0.05) is 37.1 Å². The molecule has 1 saturated heterocycles. The highest BCUT2D eigenvalue weighted by Gasteiger charge is 2.28. The zero-order valence-electron chi connectivity index (χ0n) is 12.9. The number of nitrogens with zero attached hydrogens (tertiary/aromatic N) is 2. The number of anilines is 1. The summed E-state index contributed by atoms with van der Waals surface area (Å²) >= 11 is 0. The molecular formula is C18H21N3O2. The molecule has 0 aliphatic carbocycles. The highest BCUT2D eigenvalue weighted by Crippen LogP contribution is 2.25. The first-order valence-corrected chi connectivity index (χ1v) is 7.92. The zero-order valence-corrected chi connectivity index (χ0v) is 12.9. The van der Waals surface area contributed by atoms with E-state index in [-0.39, 0.29) is 11.8 Å². The maximum Gasteiger partial charge on any atom is 0.227 e. The number of likely N-dealkylation sites (tertiary alicyclic amines) is 1. The second kappa shape index (κ2) is 7.35. The van der Waals surface area contributed by atoms with E-state index in [2.05, 4.69) is 10.3 Å². The first kappa shape index (κ1) is 15.6. The monoisotopic (exact) mass is 311 g/mol. The fraction of sp³-hybridized carbons (Fsp3) is 0.333. The summed E-state index contributed by atoms with van der Waals surface area (Å²) in [6.07, 6.45) is 4.23. The van der Waals surface area contributed by atoms with Gasteiger partial charge in [0.15, 0.2) is 0 Å². The highest BCUT2D eigenvalue weighted by atomic mass is 16.3. The van der Waals surface area contributed by atoms with Crippen LogP contribution in [0.4, 0.5) is 5.69 Å². The molecule has 2 heterocycles. The fourth-order valence-electron chi connectivity index (χ4n) is 2.92. The third-order valence-corrected chi connectivity index (χ3v) is 4.29. The maximum absolute atomic E-state index is 12.3. The lowest BCUT2D eigenvalue weighted by atomic mass is 9.95. The van der Waals surface area contributed by atoms with E-state index in [1.807, 2.05) is 35.2 Å². The van der Waals surface area contributed by atoms with E-state index in [0.717, 1.165) is 24.1 Å². The Kier molecular flexibility index (Phi) is 5.00. The summed E-state index contributed by atoms with van der Waals surface area (Å²) in [6, 6.07) is 13.2. The lowest BCUT2D eigenvalue weighted by Crippen LogP contribution is -2.40. The number of aliphatic hydroxyl groups is 1. The minimum absolute atomic E-state index is 0.0117. The van der Waals surface area contributed by atoms with Gasteiger partial charge in [-0.05, 0) is 30.5 Å². The number of aromatic nitrogens is 1.